The Morgan fingerprint density at radius 1 is 1.00 bits per heavy atom. The molecule has 0 aromatic rings. The van der Waals surface area contributed by atoms with Crippen LogP contribution in [0.1, 0.15) is 105 Å². The Morgan fingerprint density at radius 2 is 1.61 bits per heavy atom. The van der Waals surface area contributed by atoms with E-state index in [4.69, 9.17) is 0 Å². The van der Waals surface area contributed by atoms with E-state index in [9.17, 15) is 0 Å². The Balaban J connectivity index is 2.02. The van der Waals surface area contributed by atoms with Gasteiger partial charge in [-0.25, -0.2) is 0 Å². The van der Waals surface area contributed by atoms with Crippen molar-refractivity contribution in [3.63, 3.8) is 0 Å². The van der Waals surface area contributed by atoms with Gasteiger partial charge in [-0.15, -0.1) is 0 Å². The smallest absolute Gasteiger partial charge is 0.0167 e. The summed E-state index contributed by atoms with van der Waals surface area (Å²) in [4.78, 5) is 0. The molecule has 0 spiro atoms. The van der Waals surface area contributed by atoms with Gasteiger partial charge in [-0.2, -0.15) is 0 Å². The van der Waals surface area contributed by atoms with Crippen LogP contribution in [0.25, 0.3) is 0 Å². The summed E-state index contributed by atoms with van der Waals surface area (Å²) in [5.74, 6) is 4.71. The molecule has 2 fully saturated rings. The summed E-state index contributed by atoms with van der Waals surface area (Å²) in [6.45, 7) is 12.2. The van der Waals surface area contributed by atoms with Gasteiger partial charge in [0.2, 0.25) is 0 Å². The van der Waals surface area contributed by atoms with E-state index in [0.29, 0.717) is 0 Å². The average Bonchev–Trinajstić information content (AvgIpc) is 3.04. The fourth-order valence-corrected chi connectivity index (χ4v) is 4.86. The van der Waals surface area contributed by atoms with Gasteiger partial charge in [0.1, 0.15) is 0 Å². The minimum absolute atomic E-state index is 0.829. The summed E-state index contributed by atoms with van der Waals surface area (Å²) in [7, 11) is 0. The zero-order valence-corrected chi connectivity index (χ0v) is 16.7. The van der Waals surface area contributed by atoms with Crippen LogP contribution in [0.5, 0.6) is 0 Å². The molecule has 134 valence electrons. The van der Waals surface area contributed by atoms with Gasteiger partial charge in [-0.1, -0.05) is 71.4 Å². The van der Waals surface area contributed by atoms with Crippen molar-refractivity contribution in [2.45, 2.75) is 105 Å². The van der Waals surface area contributed by atoms with Crippen molar-refractivity contribution in [1.82, 2.24) is 0 Å². The van der Waals surface area contributed by atoms with E-state index in [0.717, 1.165) is 29.6 Å². The van der Waals surface area contributed by atoms with E-state index in [1.807, 2.05) is 11.1 Å². The molecule has 2 rings (SSSR count). The molecule has 0 nitrogen and oxygen atoms in total. The van der Waals surface area contributed by atoms with Crippen molar-refractivity contribution in [3.8, 4) is 0 Å². The lowest BCUT2D eigenvalue weighted by molar-refractivity contribution is 0.387. The zero-order valence-electron chi connectivity index (χ0n) is 16.7. The maximum atomic E-state index is 2.51. The molecule has 5 unspecified atom stereocenters. The van der Waals surface area contributed by atoms with E-state index in [-0.39, 0.29) is 0 Å². The lowest BCUT2D eigenvalue weighted by Gasteiger charge is -2.28. The molecule has 0 aromatic carbocycles. The molecule has 0 saturated heterocycles. The molecule has 2 aliphatic rings. The zero-order chi connectivity index (χ0) is 16.8. The Morgan fingerprint density at radius 3 is 2.13 bits per heavy atom. The topological polar surface area (TPSA) is 0 Å². The van der Waals surface area contributed by atoms with Gasteiger partial charge in [0.25, 0.3) is 0 Å². The van der Waals surface area contributed by atoms with Crippen molar-refractivity contribution < 1.29 is 0 Å². The first-order valence-electron chi connectivity index (χ1n) is 10.8. The molecule has 0 bridgehead atoms. The van der Waals surface area contributed by atoms with Crippen LogP contribution < -0.4 is 0 Å². The average molecular weight is 319 g/mol. The van der Waals surface area contributed by atoms with Crippen molar-refractivity contribution in [2.75, 3.05) is 0 Å². The fraction of sp³-hybridized carbons (Fsp3) is 0.913. The van der Waals surface area contributed by atoms with Gasteiger partial charge >= 0.3 is 0 Å². The van der Waals surface area contributed by atoms with E-state index in [1.54, 1.807) is 0 Å². The van der Waals surface area contributed by atoms with Crippen LogP contribution in [-0.2, 0) is 0 Å². The molecule has 0 N–H and O–H groups in total. The van der Waals surface area contributed by atoms with Crippen molar-refractivity contribution >= 4 is 0 Å². The Hall–Kier alpha value is -0.260. The van der Waals surface area contributed by atoms with Gasteiger partial charge in [0, 0.05) is 0 Å². The molecule has 2 saturated carbocycles. The molecule has 0 heteroatoms. The van der Waals surface area contributed by atoms with E-state index in [1.165, 1.54) is 70.6 Å². The minimum atomic E-state index is 0.829. The van der Waals surface area contributed by atoms with Gasteiger partial charge in [-0.3, -0.25) is 0 Å². The molecule has 0 aromatic heterocycles. The van der Waals surface area contributed by atoms with Crippen LogP contribution in [0, 0.1) is 29.6 Å². The largest absolute Gasteiger partial charge is 0.0704 e. The van der Waals surface area contributed by atoms with Crippen LogP contribution in [0.2, 0.25) is 0 Å². The molecule has 0 aliphatic heterocycles. The highest BCUT2D eigenvalue weighted by atomic mass is 14.5. The fourth-order valence-electron chi connectivity index (χ4n) is 4.86. The third kappa shape index (κ3) is 5.36. The van der Waals surface area contributed by atoms with Gasteiger partial charge in [0.05, 0.1) is 0 Å². The molecular formula is C23H42. The van der Waals surface area contributed by atoms with E-state index < -0.39 is 0 Å². The molecule has 2 aliphatic carbocycles. The summed E-state index contributed by atoms with van der Waals surface area (Å²) >= 11 is 0. The third-order valence-electron chi connectivity index (χ3n) is 7.01. The van der Waals surface area contributed by atoms with E-state index in [2.05, 4.69) is 34.6 Å². The Bertz CT molecular complexity index is 369. The standard InChI is InChI=1S/C23H42/c1-6-17(3)12-8-11-15-21(22-16-19(22)5)23(18(4)7-2)20-13-9-10-14-20/h17-19,21-22H,6-16H2,1-5H3. The van der Waals surface area contributed by atoms with Crippen LogP contribution in [-0.4, -0.2) is 0 Å². The second-order valence-electron chi connectivity index (χ2n) is 8.86. The lowest BCUT2D eigenvalue weighted by atomic mass is 9.77. The Labute approximate surface area is 146 Å². The van der Waals surface area contributed by atoms with Gasteiger partial charge in [-0.05, 0) is 74.5 Å². The second kappa shape index (κ2) is 9.28. The highest BCUT2D eigenvalue weighted by Crippen LogP contribution is 2.52. The van der Waals surface area contributed by atoms with Crippen molar-refractivity contribution in [3.05, 3.63) is 11.1 Å². The molecule has 0 radical (unpaired) electrons. The monoisotopic (exact) mass is 318 g/mol. The molecule has 0 heterocycles. The second-order valence-corrected chi connectivity index (χ2v) is 8.86. The minimum Gasteiger partial charge on any atom is -0.0704 e. The van der Waals surface area contributed by atoms with Crippen LogP contribution in [0.3, 0.4) is 0 Å². The summed E-state index contributed by atoms with van der Waals surface area (Å²) in [5.41, 5.74) is 3.84. The predicted octanol–water partition coefficient (Wildman–Crippen LogP) is 7.78. The first-order chi connectivity index (χ1) is 11.1. The Kier molecular flexibility index (Phi) is 7.70. The number of allylic oxidation sites excluding steroid dienone is 2. The summed E-state index contributed by atoms with van der Waals surface area (Å²) < 4.78 is 0. The lowest BCUT2D eigenvalue weighted by Crippen LogP contribution is -2.16. The third-order valence-corrected chi connectivity index (χ3v) is 7.01. The quantitative estimate of drug-likeness (QED) is 0.285. The number of rotatable bonds is 10. The van der Waals surface area contributed by atoms with Crippen LogP contribution in [0.4, 0.5) is 0 Å². The van der Waals surface area contributed by atoms with Crippen LogP contribution >= 0.6 is 0 Å². The number of hydrogen-bond donors (Lipinski definition) is 0. The maximum absolute atomic E-state index is 2.51. The van der Waals surface area contributed by atoms with E-state index >= 15 is 0 Å². The first-order valence-corrected chi connectivity index (χ1v) is 10.8. The van der Waals surface area contributed by atoms with Gasteiger partial charge in [0.15, 0.2) is 0 Å². The highest BCUT2D eigenvalue weighted by Gasteiger charge is 2.42. The molecule has 23 heavy (non-hydrogen) atoms. The molecule has 0 amide bonds. The number of unbranched alkanes of at least 4 members (excludes halogenated alkanes) is 1. The molecule has 5 atom stereocenters. The van der Waals surface area contributed by atoms with Crippen LogP contribution in [0.15, 0.2) is 11.1 Å². The predicted molar refractivity (Wildman–Crippen MR) is 104 cm³/mol. The van der Waals surface area contributed by atoms with Crippen molar-refractivity contribution in [1.29, 1.82) is 0 Å². The maximum Gasteiger partial charge on any atom is -0.0167 e. The summed E-state index contributed by atoms with van der Waals surface area (Å²) in [6, 6.07) is 0. The number of hydrogen-bond acceptors (Lipinski definition) is 0. The SMILES string of the molecule is CCC(C)CCCCC(C(=C1CCCC1)C(C)CC)C1CC1C. The summed E-state index contributed by atoms with van der Waals surface area (Å²) in [5, 5.41) is 0. The first kappa shape index (κ1) is 19.1. The van der Waals surface area contributed by atoms with Gasteiger partial charge < -0.3 is 0 Å². The molecular weight excluding hydrogens is 276 g/mol. The summed E-state index contributed by atoms with van der Waals surface area (Å²) in [6.07, 6.45) is 15.8. The highest BCUT2D eigenvalue weighted by molar-refractivity contribution is 5.24. The normalized spacial score (nSPS) is 27.8. The van der Waals surface area contributed by atoms with Crippen molar-refractivity contribution in [2.24, 2.45) is 29.6 Å².